The van der Waals surface area contributed by atoms with Crippen molar-refractivity contribution in [2.24, 2.45) is 7.05 Å². The molecule has 1 atom stereocenters. The average Bonchev–Trinajstić information content (AvgIpc) is 2.92. The van der Waals surface area contributed by atoms with Gasteiger partial charge in [0.25, 0.3) is 5.91 Å². The molecule has 0 fully saturated rings. The van der Waals surface area contributed by atoms with Crippen molar-refractivity contribution in [3.8, 4) is 0 Å². The van der Waals surface area contributed by atoms with Gasteiger partial charge in [-0.15, -0.1) is 0 Å². The van der Waals surface area contributed by atoms with Crippen LogP contribution in [0.2, 0.25) is 0 Å². The Kier molecular flexibility index (Phi) is 4.86. The normalized spacial score (nSPS) is 12.5. The fourth-order valence-corrected chi connectivity index (χ4v) is 3.13. The van der Waals surface area contributed by atoms with Crippen LogP contribution >= 0.6 is 0 Å². The summed E-state index contributed by atoms with van der Waals surface area (Å²) in [7, 11) is 5.99. The smallest absolute Gasteiger partial charge is 0.251 e. The van der Waals surface area contributed by atoms with Crippen molar-refractivity contribution in [1.82, 2.24) is 14.8 Å². The minimum Gasteiger partial charge on any atom is -0.350 e. The number of aryl methyl sites for hydroxylation is 1. The van der Waals surface area contributed by atoms with E-state index in [1.165, 1.54) is 17.5 Å². The number of fused-ring (bicyclic) bond motifs is 1. The van der Waals surface area contributed by atoms with Crippen molar-refractivity contribution in [2.75, 3.05) is 20.6 Å². The summed E-state index contributed by atoms with van der Waals surface area (Å²) in [5.74, 6) is -0.683. The molecule has 0 aliphatic heterocycles. The van der Waals surface area contributed by atoms with Crippen molar-refractivity contribution in [3.63, 3.8) is 0 Å². The molecule has 0 saturated heterocycles. The molecule has 0 aliphatic rings. The summed E-state index contributed by atoms with van der Waals surface area (Å²) >= 11 is 0. The first-order valence-corrected chi connectivity index (χ1v) is 8.21. The Morgan fingerprint density at radius 3 is 2.68 bits per heavy atom. The standard InChI is InChI=1S/C20H22FN3O/c1-23(2)19(12-22-20(25)14-7-6-8-15(21)11-14)17-13-24(3)18-10-5-4-9-16(17)18/h4-11,13,19H,12H2,1-3H3,(H,22,25). The molecule has 1 amide bonds. The highest BCUT2D eigenvalue weighted by molar-refractivity contribution is 5.94. The average molecular weight is 339 g/mol. The van der Waals surface area contributed by atoms with E-state index < -0.39 is 5.82 Å². The minimum atomic E-state index is -0.411. The Hall–Kier alpha value is -2.66. The monoisotopic (exact) mass is 339 g/mol. The zero-order valence-electron chi connectivity index (χ0n) is 14.7. The van der Waals surface area contributed by atoms with Crippen LogP contribution in [0.1, 0.15) is 22.0 Å². The number of carbonyl (C=O) groups is 1. The molecule has 1 heterocycles. The third-order valence-electron chi connectivity index (χ3n) is 4.45. The molecule has 5 heteroatoms. The minimum absolute atomic E-state index is 0.0172. The van der Waals surface area contributed by atoms with E-state index in [1.807, 2.05) is 33.3 Å². The molecule has 25 heavy (non-hydrogen) atoms. The van der Waals surface area contributed by atoms with Crippen LogP contribution in [0.5, 0.6) is 0 Å². The fourth-order valence-electron chi connectivity index (χ4n) is 3.13. The van der Waals surface area contributed by atoms with Crippen LogP contribution in [0.15, 0.2) is 54.7 Å². The largest absolute Gasteiger partial charge is 0.350 e. The quantitative estimate of drug-likeness (QED) is 0.774. The molecule has 0 bridgehead atoms. The van der Waals surface area contributed by atoms with Crippen LogP contribution in [-0.4, -0.2) is 36.0 Å². The van der Waals surface area contributed by atoms with Gasteiger partial charge in [-0.1, -0.05) is 24.3 Å². The predicted octanol–water partition coefficient (Wildman–Crippen LogP) is 3.35. The molecule has 3 rings (SSSR count). The number of nitrogens with zero attached hydrogens (tertiary/aromatic N) is 2. The van der Waals surface area contributed by atoms with Crippen LogP contribution in [0.3, 0.4) is 0 Å². The molecule has 0 radical (unpaired) electrons. The number of rotatable bonds is 5. The number of aromatic nitrogens is 1. The van der Waals surface area contributed by atoms with E-state index in [-0.39, 0.29) is 11.9 Å². The topological polar surface area (TPSA) is 37.3 Å². The number of halogens is 1. The maximum Gasteiger partial charge on any atom is 0.251 e. The summed E-state index contributed by atoms with van der Waals surface area (Å²) in [6.45, 7) is 0.441. The Morgan fingerprint density at radius 2 is 1.96 bits per heavy atom. The lowest BCUT2D eigenvalue weighted by atomic mass is 10.0. The van der Waals surface area contributed by atoms with Crippen molar-refractivity contribution in [1.29, 1.82) is 0 Å². The van der Waals surface area contributed by atoms with Crippen molar-refractivity contribution in [2.45, 2.75) is 6.04 Å². The van der Waals surface area contributed by atoms with Gasteiger partial charge in [0.1, 0.15) is 5.82 Å². The molecule has 2 aromatic carbocycles. The van der Waals surface area contributed by atoms with Crippen LogP contribution in [-0.2, 0) is 7.05 Å². The number of hydrogen-bond acceptors (Lipinski definition) is 2. The predicted molar refractivity (Wildman–Crippen MR) is 98.1 cm³/mol. The van der Waals surface area contributed by atoms with Gasteiger partial charge in [-0.05, 0) is 43.9 Å². The maximum atomic E-state index is 13.3. The zero-order chi connectivity index (χ0) is 18.0. The molecule has 1 unspecified atom stereocenters. The second-order valence-corrected chi connectivity index (χ2v) is 6.41. The summed E-state index contributed by atoms with van der Waals surface area (Å²) in [6, 6.07) is 14.0. The Bertz CT molecular complexity index is 901. The van der Waals surface area contributed by atoms with Gasteiger partial charge in [0.15, 0.2) is 0 Å². The van der Waals surface area contributed by atoms with Crippen LogP contribution < -0.4 is 5.32 Å². The van der Waals surface area contributed by atoms with Gasteiger partial charge in [-0.2, -0.15) is 0 Å². The lowest BCUT2D eigenvalue weighted by Gasteiger charge is -2.24. The molecule has 1 aromatic heterocycles. The lowest BCUT2D eigenvalue weighted by molar-refractivity contribution is 0.0941. The van der Waals surface area contributed by atoms with E-state index in [1.54, 1.807) is 12.1 Å². The van der Waals surface area contributed by atoms with Crippen LogP contribution in [0.25, 0.3) is 10.9 Å². The van der Waals surface area contributed by atoms with E-state index >= 15 is 0 Å². The van der Waals surface area contributed by atoms with E-state index in [2.05, 4.69) is 33.1 Å². The molecule has 4 nitrogen and oxygen atoms in total. The number of benzene rings is 2. The van der Waals surface area contributed by atoms with E-state index in [0.29, 0.717) is 12.1 Å². The number of nitrogens with one attached hydrogen (secondary N) is 1. The fraction of sp³-hybridized carbons (Fsp3) is 0.250. The van der Waals surface area contributed by atoms with Gasteiger partial charge in [0, 0.05) is 36.3 Å². The van der Waals surface area contributed by atoms with Crippen molar-refractivity contribution in [3.05, 3.63) is 71.7 Å². The van der Waals surface area contributed by atoms with Crippen molar-refractivity contribution < 1.29 is 9.18 Å². The highest BCUT2D eigenvalue weighted by Gasteiger charge is 2.20. The first-order chi connectivity index (χ1) is 12.0. The Morgan fingerprint density at radius 1 is 1.20 bits per heavy atom. The van der Waals surface area contributed by atoms with Crippen LogP contribution in [0.4, 0.5) is 4.39 Å². The summed E-state index contributed by atoms with van der Waals surface area (Å²) in [5, 5.41) is 4.09. The third-order valence-corrected chi connectivity index (χ3v) is 4.45. The lowest BCUT2D eigenvalue weighted by Crippen LogP contribution is -2.34. The Balaban J connectivity index is 1.83. The van der Waals surface area contributed by atoms with E-state index in [0.717, 1.165) is 11.1 Å². The number of likely N-dealkylation sites (N-methyl/N-ethyl adjacent to an activating group) is 1. The highest BCUT2D eigenvalue weighted by Crippen LogP contribution is 2.28. The number of amides is 1. The molecule has 0 aliphatic carbocycles. The summed E-state index contributed by atoms with van der Waals surface area (Å²) < 4.78 is 15.4. The first kappa shape index (κ1) is 17.2. The number of para-hydroxylation sites is 1. The van der Waals surface area contributed by atoms with Gasteiger partial charge >= 0.3 is 0 Å². The zero-order valence-corrected chi connectivity index (χ0v) is 14.7. The van der Waals surface area contributed by atoms with Crippen LogP contribution in [0, 0.1) is 5.82 Å². The summed E-state index contributed by atoms with van der Waals surface area (Å²) in [5.41, 5.74) is 2.64. The number of hydrogen-bond donors (Lipinski definition) is 1. The van der Waals surface area contributed by atoms with Crippen molar-refractivity contribution >= 4 is 16.8 Å². The maximum absolute atomic E-state index is 13.3. The SMILES string of the molecule is CN(C)C(CNC(=O)c1cccc(F)c1)c1cn(C)c2ccccc12. The molecular formula is C20H22FN3O. The molecule has 130 valence electrons. The molecule has 0 saturated carbocycles. The van der Waals surface area contributed by atoms with Gasteiger partial charge < -0.3 is 14.8 Å². The molecule has 3 aromatic rings. The van der Waals surface area contributed by atoms with Gasteiger partial charge in [-0.25, -0.2) is 4.39 Å². The van der Waals surface area contributed by atoms with E-state index in [9.17, 15) is 9.18 Å². The van der Waals surface area contributed by atoms with Gasteiger partial charge in [0.2, 0.25) is 0 Å². The Labute approximate surface area is 146 Å². The summed E-state index contributed by atoms with van der Waals surface area (Å²) in [4.78, 5) is 14.4. The molecule has 1 N–H and O–H groups in total. The number of carbonyl (C=O) groups excluding carboxylic acids is 1. The molecule has 0 spiro atoms. The van der Waals surface area contributed by atoms with Gasteiger partial charge in [0.05, 0.1) is 6.04 Å². The second kappa shape index (κ2) is 7.07. The second-order valence-electron chi connectivity index (χ2n) is 6.41. The first-order valence-electron chi connectivity index (χ1n) is 8.21. The highest BCUT2D eigenvalue weighted by atomic mass is 19.1. The van der Waals surface area contributed by atoms with Gasteiger partial charge in [-0.3, -0.25) is 4.79 Å². The van der Waals surface area contributed by atoms with E-state index in [4.69, 9.17) is 0 Å². The summed E-state index contributed by atoms with van der Waals surface area (Å²) in [6.07, 6.45) is 2.10. The third kappa shape index (κ3) is 3.56. The molecular weight excluding hydrogens is 317 g/mol.